The minimum absolute atomic E-state index is 0.0488. The van der Waals surface area contributed by atoms with Crippen LogP contribution < -0.4 is 10.1 Å². The van der Waals surface area contributed by atoms with Gasteiger partial charge in [-0.15, -0.1) is 0 Å². The highest BCUT2D eigenvalue weighted by molar-refractivity contribution is 9.10. The molecule has 0 saturated heterocycles. The molecule has 114 valence electrons. The Morgan fingerprint density at radius 3 is 2.60 bits per heavy atom. The lowest BCUT2D eigenvalue weighted by Crippen LogP contribution is -2.20. The number of hydrogen-bond donors (Lipinski definition) is 1. The molecule has 0 amide bonds. The van der Waals surface area contributed by atoms with Gasteiger partial charge in [0.15, 0.2) is 0 Å². The monoisotopic (exact) mass is 343 g/mol. The molecule has 2 unspecified atom stereocenters. The Hall–Kier alpha value is -0.580. The van der Waals surface area contributed by atoms with E-state index < -0.39 is 0 Å². The number of benzene rings is 1. The zero-order valence-electron chi connectivity index (χ0n) is 12.9. The molecule has 0 aliphatic carbocycles. The Balaban J connectivity index is 2.63. The van der Waals surface area contributed by atoms with Crippen LogP contribution in [0.2, 0.25) is 0 Å². The molecule has 3 nitrogen and oxygen atoms in total. The summed E-state index contributed by atoms with van der Waals surface area (Å²) in [5, 5.41) is 3.48. The first kappa shape index (κ1) is 17.5. The average Bonchev–Trinajstić information content (AvgIpc) is 2.44. The van der Waals surface area contributed by atoms with Crippen LogP contribution in [-0.2, 0) is 4.74 Å². The third-order valence-electron chi connectivity index (χ3n) is 3.04. The number of hydrogen-bond acceptors (Lipinski definition) is 3. The van der Waals surface area contributed by atoms with Gasteiger partial charge in [0.1, 0.15) is 11.9 Å². The molecule has 0 bridgehead atoms. The highest BCUT2D eigenvalue weighted by atomic mass is 79.9. The van der Waals surface area contributed by atoms with Crippen LogP contribution in [0, 0.1) is 0 Å². The Bertz CT molecular complexity index is 398. The fourth-order valence-corrected chi connectivity index (χ4v) is 2.39. The predicted molar refractivity (Wildman–Crippen MR) is 87.4 cm³/mol. The average molecular weight is 344 g/mol. The van der Waals surface area contributed by atoms with Crippen molar-refractivity contribution in [2.75, 3.05) is 19.8 Å². The Kier molecular flexibility index (Phi) is 8.19. The molecular formula is C16H26BrNO2. The molecule has 2 atom stereocenters. The van der Waals surface area contributed by atoms with Crippen molar-refractivity contribution < 1.29 is 9.47 Å². The predicted octanol–water partition coefficient (Wildman–Crippen LogP) is 4.31. The second kappa shape index (κ2) is 9.37. The summed E-state index contributed by atoms with van der Waals surface area (Å²) in [6, 6.07) is 6.60. The number of halogens is 1. The topological polar surface area (TPSA) is 30.5 Å². The van der Waals surface area contributed by atoms with Crippen LogP contribution in [0.3, 0.4) is 0 Å². The van der Waals surface area contributed by atoms with Crippen LogP contribution in [0.5, 0.6) is 5.75 Å². The molecule has 0 aliphatic rings. The summed E-state index contributed by atoms with van der Waals surface area (Å²) in [5.74, 6) is 0.864. The van der Waals surface area contributed by atoms with Gasteiger partial charge in [0.25, 0.3) is 0 Å². The van der Waals surface area contributed by atoms with E-state index in [1.54, 1.807) is 0 Å². The lowest BCUT2D eigenvalue weighted by Gasteiger charge is -2.18. The SMILES string of the molecule is CCCNC(C)c1ccc(OC(C)COCC)c(Br)c1. The van der Waals surface area contributed by atoms with Crippen molar-refractivity contribution in [2.24, 2.45) is 0 Å². The first-order valence-corrected chi connectivity index (χ1v) is 8.15. The first-order valence-electron chi connectivity index (χ1n) is 7.35. The second-order valence-electron chi connectivity index (χ2n) is 4.95. The standard InChI is InChI=1S/C16H26BrNO2/c1-5-9-18-13(4)14-7-8-16(15(17)10-14)20-12(3)11-19-6-2/h7-8,10,12-13,18H,5-6,9,11H2,1-4H3. The van der Waals surface area contributed by atoms with Gasteiger partial charge in [-0.3, -0.25) is 0 Å². The number of ether oxygens (including phenoxy) is 2. The van der Waals surface area contributed by atoms with E-state index in [4.69, 9.17) is 9.47 Å². The van der Waals surface area contributed by atoms with Gasteiger partial charge in [0.2, 0.25) is 0 Å². The van der Waals surface area contributed by atoms with Crippen LogP contribution in [0.15, 0.2) is 22.7 Å². The molecule has 0 spiro atoms. The van der Waals surface area contributed by atoms with Gasteiger partial charge < -0.3 is 14.8 Å². The molecule has 0 heterocycles. The van der Waals surface area contributed by atoms with Gasteiger partial charge >= 0.3 is 0 Å². The van der Waals surface area contributed by atoms with E-state index in [9.17, 15) is 0 Å². The summed E-state index contributed by atoms with van der Waals surface area (Å²) in [6.07, 6.45) is 1.19. The van der Waals surface area contributed by atoms with Gasteiger partial charge in [-0.1, -0.05) is 13.0 Å². The van der Waals surface area contributed by atoms with Gasteiger partial charge in [0.05, 0.1) is 11.1 Å². The molecule has 0 saturated carbocycles. The Morgan fingerprint density at radius 2 is 2.00 bits per heavy atom. The zero-order chi connectivity index (χ0) is 15.0. The van der Waals surface area contributed by atoms with Gasteiger partial charge in [-0.25, -0.2) is 0 Å². The third-order valence-corrected chi connectivity index (χ3v) is 3.66. The van der Waals surface area contributed by atoms with Crippen LogP contribution in [-0.4, -0.2) is 25.9 Å². The summed E-state index contributed by atoms with van der Waals surface area (Å²) < 4.78 is 12.2. The first-order chi connectivity index (χ1) is 9.58. The molecule has 1 N–H and O–H groups in total. The molecule has 0 aromatic heterocycles. The summed E-state index contributed by atoms with van der Waals surface area (Å²) in [5.41, 5.74) is 1.26. The van der Waals surface area contributed by atoms with Crippen molar-refractivity contribution in [3.8, 4) is 5.75 Å². The van der Waals surface area contributed by atoms with E-state index in [-0.39, 0.29) is 6.10 Å². The molecule has 0 fully saturated rings. The lowest BCUT2D eigenvalue weighted by atomic mass is 10.1. The quantitative estimate of drug-likeness (QED) is 0.724. The van der Waals surface area contributed by atoms with Gasteiger partial charge in [-0.2, -0.15) is 0 Å². The minimum atomic E-state index is 0.0488. The maximum atomic E-state index is 5.87. The van der Waals surface area contributed by atoms with E-state index in [1.165, 1.54) is 5.56 Å². The highest BCUT2D eigenvalue weighted by Gasteiger charge is 2.10. The molecule has 1 aromatic carbocycles. The maximum absolute atomic E-state index is 5.87. The van der Waals surface area contributed by atoms with Gasteiger partial charge in [0, 0.05) is 12.6 Å². The van der Waals surface area contributed by atoms with E-state index >= 15 is 0 Å². The molecule has 20 heavy (non-hydrogen) atoms. The van der Waals surface area contributed by atoms with Crippen molar-refractivity contribution in [1.29, 1.82) is 0 Å². The van der Waals surface area contributed by atoms with Crippen LogP contribution >= 0.6 is 15.9 Å². The summed E-state index contributed by atoms with van der Waals surface area (Å²) >= 11 is 3.59. The van der Waals surface area contributed by atoms with E-state index in [0.29, 0.717) is 19.3 Å². The van der Waals surface area contributed by atoms with E-state index in [0.717, 1.165) is 23.2 Å². The highest BCUT2D eigenvalue weighted by Crippen LogP contribution is 2.29. The van der Waals surface area contributed by atoms with Crippen LogP contribution in [0.1, 0.15) is 45.7 Å². The minimum Gasteiger partial charge on any atom is -0.487 e. The van der Waals surface area contributed by atoms with Crippen molar-refractivity contribution >= 4 is 15.9 Å². The smallest absolute Gasteiger partial charge is 0.134 e. The Morgan fingerprint density at radius 1 is 1.25 bits per heavy atom. The molecule has 0 radical (unpaired) electrons. The fraction of sp³-hybridized carbons (Fsp3) is 0.625. The number of rotatable bonds is 9. The molecule has 0 aliphatic heterocycles. The van der Waals surface area contributed by atoms with Crippen molar-refractivity contribution in [3.63, 3.8) is 0 Å². The van der Waals surface area contributed by atoms with Crippen molar-refractivity contribution in [2.45, 2.75) is 46.3 Å². The number of nitrogens with one attached hydrogen (secondary N) is 1. The molecule has 1 rings (SSSR count). The maximum Gasteiger partial charge on any atom is 0.134 e. The summed E-state index contributed by atoms with van der Waals surface area (Å²) in [6.45, 7) is 10.7. The second-order valence-corrected chi connectivity index (χ2v) is 5.81. The normalized spacial score (nSPS) is 14.1. The van der Waals surface area contributed by atoms with Crippen molar-refractivity contribution in [3.05, 3.63) is 28.2 Å². The van der Waals surface area contributed by atoms with Crippen molar-refractivity contribution in [1.82, 2.24) is 5.32 Å². The van der Waals surface area contributed by atoms with Crippen LogP contribution in [0.25, 0.3) is 0 Å². The largest absolute Gasteiger partial charge is 0.487 e. The zero-order valence-corrected chi connectivity index (χ0v) is 14.5. The van der Waals surface area contributed by atoms with Gasteiger partial charge in [-0.05, 0) is 67.4 Å². The lowest BCUT2D eigenvalue weighted by molar-refractivity contribution is 0.0653. The summed E-state index contributed by atoms with van der Waals surface area (Å²) in [4.78, 5) is 0. The van der Waals surface area contributed by atoms with Crippen LogP contribution in [0.4, 0.5) is 0 Å². The molecule has 4 heteroatoms. The Labute approximate surface area is 131 Å². The molecule has 1 aromatic rings. The fourth-order valence-electron chi connectivity index (χ4n) is 1.90. The van der Waals surface area contributed by atoms with E-state index in [1.807, 2.05) is 19.9 Å². The van der Waals surface area contributed by atoms with E-state index in [2.05, 4.69) is 47.2 Å². The third kappa shape index (κ3) is 5.81. The molecular weight excluding hydrogens is 318 g/mol. The summed E-state index contributed by atoms with van der Waals surface area (Å²) in [7, 11) is 0.